The van der Waals surface area contributed by atoms with Gasteiger partial charge in [-0.05, 0) is 44.4 Å². The van der Waals surface area contributed by atoms with Gasteiger partial charge in [0.1, 0.15) is 5.82 Å². The Kier molecular flexibility index (Phi) is 3.00. The lowest BCUT2D eigenvalue weighted by Gasteiger charge is -2.23. The number of hydrogen-bond acceptors (Lipinski definition) is 2. The minimum atomic E-state index is -0.627. The number of aliphatic hydroxyl groups excluding tert-OH is 1. The van der Waals surface area contributed by atoms with Crippen LogP contribution in [0.1, 0.15) is 38.4 Å². The van der Waals surface area contributed by atoms with Gasteiger partial charge in [-0.2, -0.15) is 0 Å². The minimum absolute atomic E-state index is 0.0248. The number of rotatable bonds is 2. The van der Waals surface area contributed by atoms with E-state index in [1.807, 2.05) is 0 Å². The molecular weight excluding hydrogens is 205 g/mol. The van der Waals surface area contributed by atoms with Gasteiger partial charge in [-0.1, -0.05) is 12.1 Å². The molecule has 1 aromatic rings. The third-order valence-electron chi connectivity index (χ3n) is 3.23. The molecule has 88 valence electrons. The van der Waals surface area contributed by atoms with Gasteiger partial charge in [0, 0.05) is 11.6 Å². The molecule has 0 bridgehead atoms. The van der Waals surface area contributed by atoms with Crippen molar-refractivity contribution < 1.29 is 9.50 Å². The van der Waals surface area contributed by atoms with E-state index in [1.54, 1.807) is 12.1 Å². The van der Waals surface area contributed by atoms with Crippen LogP contribution < -0.4 is 5.32 Å². The van der Waals surface area contributed by atoms with E-state index < -0.39 is 6.10 Å². The third-order valence-corrected chi connectivity index (χ3v) is 3.23. The molecule has 1 aliphatic rings. The van der Waals surface area contributed by atoms with Crippen LogP contribution in [0.15, 0.2) is 24.3 Å². The predicted octanol–water partition coefficient (Wildman–Crippen LogP) is 2.39. The zero-order chi connectivity index (χ0) is 11.8. The molecule has 0 amide bonds. The number of hydrogen-bond donors (Lipinski definition) is 2. The molecule has 0 saturated carbocycles. The molecule has 0 aliphatic carbocycles. The largest absolute Gasteiger partial charge is 0.387 e. The van der Waals surface area contributed by atoms with Crippen LogP contribution in [0.25, 0.3) is 0 Å². The lowest BCUT2D eigenvalue weighted by Crippen LogP contribution is -2.40. The molecule has 1 aliphatic heterocycles. The molecule has 2 rings (SSSR count). The molecule has 3 heteroatoms. The zero-order valence-electron chi connectivity index (χ0n) is 9.70. The summed E-state index contributed by atoms with van der Waals surface area (Å²) in [7, 11) is 0. The fraction of sp³-hybridized carbons (Fsp3) is 0.538. The molecule has 16 heavy (non-hydrogen) atoms. The molecular formula is C13H18FNO. The second-order valence-electron chi connectivity index (χ2n) is 5.17. The summed E-state index contributed by atoms with van der Waals surface area (Å²) in [6.07, 6.45) is 1.33. The first-order valence-electron chi connectivity index (χ1n) is 5.69. The Hall–Kier alpha value is -0.930. The van der Waals surface area contributed by atoms with Gasteiger partial charge in [-0.15, -0.1) is 0 Å². The number of nitrogens with one attached hydrogen (secondary N) is 1. The molecule has 0 aromatic heterocycles. The highest BCUT2D eigenvalue weighted by atomic mass is 19.1. The van der Waals surface area contributed by atoms with E-state index in [0.29, 0.717) is 5.56 Å². The van der Waals surface area contributed by atoms with E-state index in [-0.39, 0.29) is 17.4 Å². The molecule has 0 spiro atoms. The summed E-state index contributed by atoms with van der Waals surface area (Å²) in [5.74, 6) is -0.297. The number of aliphatic hydroxyl groups is 1. The fourth-order valence-corrected chi connectivity index (χ4v) is 2.32. The Balaban J connectivity index is 2.11. The van der Waals surface area contributed by atoms with E-state index in [2.05, 4.69) is 19.2 Å². The van der Waals surface area contributed by atoms with Gasteiger partial charge in [-0.3, -0.25) is 0 Å². The van der Waals surface area contributed by atoms with E-state index >= 15 is 0 Å². The first-order valence-corrected chi connectivity index (χ1v) is 5.69. The van der Waals surface area contributed by atoms with Crippen molar-refractivity contribution in [3.63, 3.8) is 0 Å². The minimum Gasteiger partial charge on any atom is -0.387 e. The second kappa shape index (κ2) is 4.15. The normalized spacial score (nSPS) is 25.6. The molecule has 2 N–H and O–H groups in total. The summed E-state index contributed by atoms with van der Waals surface area (Å²) >= 11 is 0. The quantitative estimate of drug-likeness (QED) is 0.807. The van der Waals surface area contributed by atoms with Gasteiger partial charge in [0.25, 0.3) is 0 Å². The second-order valence-corrected chi connectivity index (χ2v) is 5.17. The summed E-state index contributed by atoms with van der Waals surface area (Å²) in [5.41, 5.74) is 0.717. The fourth-order valence-electron chi connectivity index (χ4n) is 2.32. The van der Waals surface area contributed by atoms with Crippen LogP contribution in [-0.4, -0.2) is 16.7 Å². The average Bonchev–Trinajstić information content (AvgIpc) is 2.58. The van der Waals surface area contributed by atoms with Crippen LogP contribution in [-0.2, 0) is 0 Å². The van der Waals surface area contributed by atoms with Crippen molar-refractivity contribution in [2.45, 2.75) is 44.4 Å². The van der Waals surface area contributed by atoms with Crippen LogP contribution in [0.5, 0.6) is 0 Å². The number of halogens is 1. The Labute approximate surface area is 95.5 Å². The maximum absolute atomic E-state index is 13.0. The summed E-state index contributed by atoms with van der Waals surface area (Å²) in [4.78, 5) is 0. The molecule has 0 radical (unpaired) electrons. The predicted molar refractivity (Wildman–Crippen MR) is 61.6 cm³/mol. The van der Waals surface area contributed by atoms with Crippen LogP contribution in [0.2, 0.25) is 0 Å². The first kappa shape index (κ1) is 11.6. The summed E-state index contributed by atoms with van der Waals surface area (Å²) < 4.78 is 13.0. The Bertz CT molecular complexity index is 378. The highest BCUT2D eigenvalue weighted by molar-refractivity contribution is 5.21. The van der Waals surface area contributed by atoms with Gasteiger partial charge in [-0.25, -0.2) is 4.39 Å². The topological polar surface area (TPSA) is 32.3 Å². The SMILES string of the molecule is CC1(C)CCC([C@H](O)c2cccc(F)c2)N1. The summed E-state index contributed by atoms with van der Waals surface area (Å²) in [6.45, 7) is 4.23. The lowest BCUT2D eigenvalue weighted by molar-refractivity contribution is 0.131. The molecule has 2 atom stereocenters. The van der Waals surface area contributed by atoms with E-state index in [4.69, 9.17) is 0 Å². The van der Waals surface area contributed by atoms with Crippen LogP contribution in [0, 0.1) is 5.82 Å². The van der Waals surface area contributed by atoms with Gasteiger partial charge < -0.3 is 10.4 Å². The highest BCUT2D eigenvalue weighted by Crippen LogP contribution is 2.30. The molecule has 1 aromatic carbocycles. The van der Waals surface area contributed by atoms with Gasteiger partial charge in [0.05, 0.1) is 6.10 Å². The van der Waals surface area contributed by atoms with Gasteiger partial charge >= 0.3 is 0 Å². The average molecular weight is 223 g/mol. The molecule has 1 unspecified atom stereocenters. The Morgan fingerprint density at radius 1 is 1.50 bits per heavy atom. The van der Waals surface area contributed by atoms with Crippen molar-refractivity contribution in [2.75, 3.05) is 0 Å². The van der Waals surface area contributed by atoms with Crippen LogP contribution in [0.4, 0.5) is 4.39 Å². The smallest absolute Gasteiger partial charge is 0.123 e. The summed E-state index contributed by atoms with van der Waals surface area (Å²) in [5, 5.41) is 13.5. The molecule has 1 saturated heterocycles. The Morgan fingerprint density at radius 2 is 2.25 bits per heavy atom. The van der Waals surface area contributed by atoms with E-state index in [0.717, 1.165) is 12.8 Å². The van der Waals surface area contributed by atoms with Crippen molar-refractivity contribution in [3.05, 3.63) is 35.6 Å². The maximum Gasteiger partial charge on any atom is 0.123 e. The first-order chi connectivity index (χ1) is 7.48. The van der Waals surface area contributed by atoms with E-state index in [1.165, 1.54) is 12.1 Å². The van der Waals surface area contributed by atoms with Crippen LogP contribution >= 0.6 is 0 Å². The maximum atomic E-state index is 13.0. The van der Waals surface area contributed by atoms with E-state index in [9.17, 15) is 9.50 Å². The van der Waals surface area contributed by atoms with Crippen molar-refractivity contribution in [2.24, 2.45) is 0 Å². The van der Waals surface area contributed by atoms with Crippen molar-refractivity contribution in [1.29, 1.82) is 0 Å². The third kappa shape index (κ3) is 2.42. The Morgan fingerprint density at radius 3 is 2.81 bits per heavy atom. The van der Waals surface area contributed by atoms with Gasteiger partial charge in [0.2, 0.25) is 0 Å². The zero-order valence-corrected chi connectivity index (χ0v) is 9.70. The standard InChI is InChI=1S/C13H18FNO/c1-13(2)7-6-11(15-13)12(16)9-4-3-5-10(14)8-9/h3-5,8,11-12,15-16H,6-7H2,1-2H3/t11?,12-/m1/s1. The van der Waals surface area contributed by atoms with Crippen molar-refractivity contribution >= 4 is 0 Å². The number of benzene rings is 1. The van der Waals surface area contributed by atoms with Crippen molar-refractivity contribution in [3.8, 4) is 0 Å². The van der Waals surface area contributed by atoms with Crippen molar-refractivity contribution in [1.82, 2.24) is 5.32 Å². The molecule has 2 nitrogen and oxygen atoms in total. The molecule has 1 fully saturated rings. The highest BCUT2D eigenvalue weighted by Gasteiger charge is 2.34. The van der Waals surface area contributed by atoms with Gasteiger partial charge in [0.15, 0.2) is 0 Å². The van der Waals surface area contributed by atoms with Crippen LogP contribution in [0.3, 0.4) is 0 Å². The lowest BCUT2D eigenvalue weighted by atomic mass is 10.00. The molecule has 1 heterocycles. The monoisotopic (exact) mass is 223 g/mol. The summed E-state index contributed by atoms with van der Waals surface area (Å²) in [6, 6.07) is 6.21.